The van der Waals surface area contributed by atoms with Gasteiger partial charge in [0.1, 0.15) is 12.2 Å². The molecule has 0 unspecified atom stereocenters. The predicted octanol–water partition coefficient (Wildman–Crippen LogP) is 3.01. The summed E-state index contributed by atoms with van der Waals surface area (Å²) in [7, 11) is 0. The van der Waals surface area contributed by atoms with Gasteiger partial charge < -0.3 is 14.8 Å². The lowest BCUT2D eigenvalue weighted by Crippen LogP contribution is -2.25. The fraction of sp³-hybridized carbons (Fsp3) is 0.286. The average Bonchev–Trinajstić information content (AvgIpc) is 3.13. The van der Waals surface area contributed by atoms with Gasteiger partial charge in [-0.2, -0.15) is 5.10 Å². The minimum absolute atomic E-state index is 0.163. The van der Waals surface area contributed by atoms with Crippen LogP contribution in [0.2, 0.25) is 0 Å². The molecule has 7 heteroatoms. The Morgan fingerprint density at radius 2 is 1.89 bits per heavy atom. The van der Waals surface area contributed by atoms with E-state index in [0.29, 0.717) is 18.7 Å². The summed E-state index contributed by atoms with van der Waals surface area (Å²) >= 11 is 0. The molecule has 146 valence electrons. The maximum absolute atomic E-state index is 12.6. The number of carboxylic acids is 1. The summed E-state index contributed by atoms with van der Waals surface area (Å²) in [6, 6.07) is 10.0. The van der Waals surface area contributed by atoms with Gasteiger partial charge in [0.15, 0.2) is 0 Å². The van der Waals surface area contributed by atoms with Crippen molar-refractivity contribution in [2.24, 2.45) is 0 Å². The molecule has 7 nitrogen and oxygen atoms in total. The largest absolute Gasteiger partial charge is 0.481 e. The zero-order chi connectivity index (χ0) is 20.3. The summed E-state index contributed by atoms with van der Waals surface area (Å²) in [5.41, 5.74) is 4.83. The topological polar surface area (TPSA) is 97.4 Å². The second-order valence-corrected chi connectivity index (χ2v) is 6.76. The van der Waals surface area contributed by atoms with Crippen molar-refractivity contribution in [3.63, 3.8) is 0 Å². The number of benzene rings is 1. The Balaban J connectivity index is 1.74. The maximum atomic E-state index is 12.6. The van der Waals surface area contributed by atoms with E-state index in [9.17, 15) is 9.59 Å². The molecule has 0 aliphatic carbocycles. The smallest absolute Gasteiger partial charge is 0.311 e. The van der Waals surface area contributed by atoms with Crippen LogP contribution < -0.4 is 5.32 Å². The van der Waals surface area contributed by atoms with E-state index in [2.05, 4.69) is 10.4 Å². The monoisotopic (exact) mass is 381 g/mol. The minimum atomic E-state index is -1.04. The molecule has 0 aliphatic rings. The summed E-state index contributed by atoms with van der Waals surface area (Å²) in [4.78, 5) is 23.6. The normalized spacial score (nSPS) is 10.8. The van der Waals surface area contributed by atoms with Crippen LogP contribution in [0.15, 0.2) is 41.0 Å². The van der Waals surface area contributed by atoms with Gasteiger partial charge in [-0.25, -0.2) is 0 Å². The standard InChI is InChI=1S/C21H23N3O4/c1-13-12-28-18(9-19(25)26)20(13)21(27)22-10-17-14(2)23-24(15(17)3)11-16-7-5-4-6-8-16/h4-8,12H,9-11H2,1-3H3,(H,22,27)(H,25,26). The van der Waals surface area contributed by atoms with Gasteiger partial charge in [0.2, 0.25) is 0 Å². The number of aryl methyl sites for hydroxylation is 2. The zero-order valence-electron chi connectivity index (χ0n) is 16.2. The molecule has 3 rings (SSSR count). The molecule has 0 saturated heterocycles. The number of aliphatic carboxylic acids is 1. The van der Waals surface area contributed by atoms with Crippen molar-refractivity contribution < 1.29 is 19.1 Å². The van der Waals surface area contributed by atoms with E-state index in [4.69, 9.17) is 9.52 Å². The number of hydrogen-bond donors (Lipinski definition) is 2. The van der Waals surface area contributed by atoms with Crippen molar-refractivity contribution in [3.8, 4) is 0 Å². The first kappa shape index (κ1) is 19.4. The van der Waals surface area contributed by atoms with Crippen molar-refractivity contribution in [3.05, 3.63) is 76.0 Å². The van der Waals surface area contributed by atoms with Gasteiger partial charge in [0.05, 0.1) is 24.1 Å². The highest BCUT2D eigenvalue weighted by atomic mass is 16.4. The molecule has 2 heterocycles. The molecule has 1 aromatic carbocycles. The quantitative estimate of drug-likeness (QED) is 0.656. The molecular formula is C21H23N3O4. The van der Waals surface area contributed by atoms with Gasteiger partial charge in [-0.05, 0) is 26.3 Å². The predicted molar refractivity (Wildman–Crippen MR) is 103 cm³/mol. The number of amides is 1. The van der Waals surface area contributed by atoms with Gasteiger partial charge in [-0.3, -0.25) is 14.3 Å². The van der Waals surface area contributed by atoms with Crippen molar-refractivity contribution in [2.45, 2.75) is 40.3 Å². The molecule has 0 saturated carbocycles. The fourth-order valence-electron chi connectivity index (χ4n) is 3.23. The van der Waals surface area contributed by atoms with Gasteiger partial charge in [0.25, 0.3) is 5.91 Å². The van der Waals surface area contributed by atoms with Crippen LogP contribution in [0.3, 0.4) is 0 Å². The minimum Gasteiger partial charge on any atom is -0.481 e. The molecule has 0 fully saturated rings. The highest BCUT2D eigenvalue weighted by Gasteiger charge is 2.21. The molecule has 0 bridgehead atoms. The number of nitrogens with one attached hydrogen (secondary N) is 1. The molecule has 2 N–H and O–H groups in total. The first-order valence-corrected chi connectivity index (χ1v) is 9.00. The first-order valence-electron chi connectivity index (χ1n) is 9.00. The third-order valence-corrected chi connectivity index (χ3v) is 4.72. The lowest BCUT2D eigenvalue weighted by atomic mass is 10.1. The number of nitrogens with zero attached hydrogens (tertiary/aromatic N) is 2. The van der Waals surface area contributed by atoms with Crippen LogP contribution in [0.4, 0.5) is 0 Å². The van der Waals surface area contributed by atoms with E-state index in [-0.39, 0.29) is 23.7 Å². The molecule has 0 radical (unpaired) electrons. The number of furan rings is 1. The third-order valence-electron chi connectivity index (χ3n) is 4.72. The van der Waals surface area contributed by atoms with Crippen LogP contribution in [0, 0.1) is 20.8 Å². The second kappa shape index (κ2) is 8.12. The van der Waals surface area contributed by atoms with Gasteiger partial charge in [0, 0.05) is 23.4 Å². The number of carbonyl (C=O) groups excluding carboxylic acids is 1. The van der Waals surface area contributed by atoms with Crippen molar-refractivity contribution in [1.82, 2.24) is 15.1 Å². The zero-order valence-corrected chi connectivity index (χ0v) is 16.2. The Morgan fingerprint density at radius 3 is 2.57 bits per heavy atom. The Morgan fingerprint density at radius 1 is 1.18 bits per heavy atom. The summed E-state index contributed by atoms with van der Waals surface area (Å²) in [5.74, 6) is -1.23. The summed E-state index contributed by atoms with van der Waals surface area (Å²) in [5, 5.41) is 16.4. The number of rotatable bonds is 7. The lowest BCUT2D eigenvalue weighted by molar-refractivity contribution is -0.136. The van der Waals surface area contributed by atoms with E-state index in [1.165, 1.54) is 6.26 Å². The second-order valence-electron chi connectivity index (χ2n) is 6.76. The SMILES string of the molecule is Cc1coc(CC(=O)O)c1C(=O)NCc1c(C)nn(Cc2ccccc2)c1C. The highest BCUT2D eigenvalue weighted by Crippen LogP contribution is 2.19. The summed E-state index contributed by atoms with van der Waals surface area (Å²) < 4.78 is 7.16. The summed E-state index contributed by atoms with van der Waals surface area (Å²) in [6.07, 6.45) is 1.07. The van der Waals surface area contributed by atoms with E-state index in [0.717, 1.165) is 22.5 Å². The molecule has 28 heavy (non-hydrogen) atoms. The number of carboxylic acid groups (broad SMARTS) is 1. The van der Waals surface area contributed by atoms with Crippen LogP contribution in [-0.2, 0) is 24.3 Å². The van der Waals surface area contributed by atoms with Gasteiger partial charge in [-0.15, -0.1) is 0 Å². The number of aromatic nitrogens is 2. The molecule has 3 aromatic rings. The average molecular weight is 381 g/mol. The number of carbonyl (C=O) groups is 2. The Hall–Kier alpha value is -3.35. The van der Waals surface area contributed by atoms with Crippen LogP contribution in [0.5, 0.6) is 0 Å². The van der Waals surface area contributed by atoms with Crippen LogP contribution in [0.25, 0.3) is 0 Å². The summed E-state index contributed by atoms with van der Waals surface area (Å²) in [6.45, 7) is 6.57. The van der Waals surface area contributed by atoms with Crippen LogP contribution in [0.1, 0.15) is 44.2 Å². The Kier molecular flexibility index (Phi) is 5.63. The maximum Gasteiger partial charge on any atom is 0.311 e. The molecule has 0 spiro atoms. The first-order chi connectivity index (χ1) is 13.4. The van der Waals surface area contributed by atoms with Gasteiger partial charge in [-0.1, -0.05) is 30.3 Å². The lowest BCUT2D eigenvalue weighted by Gasteiger charge is -2.08. The van der Waals surface area contributed by atoms with Crippen LogP contribution in [-0.4, -0.2) is 26.8 Å². The third kappa shape index (κ3) is 4.14. The van der Waals surface area contributed by atoms with E-state index >= 15 is 0 Å². The number of hydrogen-bond acceptors (Lipinski definition) is 4. The highest BCUT2D eigenvalue weighted by molar-refractivity contribution is 5.97. The molecule has 2 aromatic heterocycles. The molecular weight excluding hydrogens is 358 g/mol. The van der Waals surface area contributed by atoms with Crippen LogP contribution >= 0.6 is 0 Å². The Bertz CT molecular complexity index is 1000. The van der Waals surface area contributed by atoms with E-state index < -0.39 is 5.97 Å². The van der Waals surface area contributed by atoms with E-state index in [1.54, 1.807) is 6.92 Å². The van der Waals surface area contributed by atoms with Crippen molar-refractivity contribution >= 4 is 11.9 Å². The van der Waals surface area contributed by atoms with Crippen molar-refractivity contribution in [1.29, 1.82) is 0 Å². The van der Waals surface area contributed by atoms with E-state index in [1.807, 2.05) is 48.9 Å². The molecule has 0 aliphatic heterocycles. The Labute approximate surface area is 163 Å². The molecule has 1 amide bonds. The fourth-order valence-corrected chi connectivity index (χ4v) is 3.23. The van der Waals surface area contributed by atoms with Crippen molar-refractivity contribution in [2.75, 3.05) is 0 Å². The molecule has 0 atom stereocenters. The van der Waals surface area contributed by atoms with Gasteiger partial charge >= 0.3 is 5.97 Å².